The highest BCUT2D eigenvalue weighted by atomic mass is 79.9. The van der Waals surface area contributed by atoms with Gasteiger partial charge < -0.3 is 10.1 Å². The molecule has 0 heterocycles. The molecule has 0 aliphatic heterocycles. The first-order chi connectivity index (χ1) is 7.01. The number of amides is 1. The molecule has 1 amide bonds. The zero-order valence-electron chi connectivity index (χ0n) is 9.38. The Morgan fingerprint density at radius 3 is 2.40 bits per heavy atom. The average Bonchev–Trinajstić information content (AvgIpc) is 2.16. The molecule has 0 fully saturated rings. The molecule has 1 unspecified atom stereocenters. The number of alkyl carbamates (subject to hydrolysis) is 1. The number of Topliss-reactive ketones (excluding diaryl/α,β-unsaturated/α-hetero) is 1. The summed E-state index contributed by atoms with van der Waals surface area (Å²) in [5.41, 5.74) is 0. The molecule has 0 bridgehead atoms. The smallest absolute Gasteiger partial charge is 0.407 e. The van der Waals surface area contributed by atoms with E-state index in [1.165, 1.54) is 0 Å². The molecule has 1 N–H and O–H groups in total. The summed E-state index contributed by atoms with van der Waals surface area (Å²) in [5.74, 6) is 0.280. The molecule has 0 saturated carbocycles. The summed E-state index contributed by atoms with van der Waals surface area (Å²) in [5, 5.41) is 3.00. The van der Waals surface area contributed by atoms with Crippen LogP contribution in [0.1, 0.15) is 27.2 Å². The van der Waals surface area contributed by atoms with E-state index >= 15 is 0 Å². The van der Waals surface area contributed by atoms with Gasteiger partial charge >= 0.3 is 6.09 Å². The van der Waals surface area contributed by atoms with E-state index in [9.17, 15) is 9.59 Å². The van der Waals surface area contributed by atoms with Crippen molar-refractivity contribution >= 4 is 27.8 Å². The molecule has 0 aromatic heterocycles. The summed E-state index contributed by atoms with van der Waals surface area (Å²) >= 11 is 3.10. The number of ketones is 1. The number of ether oxygens (including phenoxy) is 1. The third-order valence-corrected chi connectivity index (χ3v) is 2.61. The number of nitrogens with one attached hydrogen (secondary N) is 1. The van der Waals surface area contributed by atoms with Crippen LogP contribution in [-0.2, 0) is 9.53 Å². The van der Waals surface area contributed by atoms with Crippen LogP contribution in [0.15, 0.2) is 0 Å². The third-order valence-electron chi connectivity index (χ3n) is 1.98. The zero-order valence-corrected chi connectivity index (χ0v) is 11.0. The molecule has 4 nitrogen and oxygen atoms in total. The van der Waals surface area contributed by atoms with E-state index in [1.54, 1.807) is 6.92 Å². The van der Waals surface area contributed by atoms with Crippen molar-refractivity contribution < 1.29 is 14.3 Å². The van der Waals surface area contributed by atoms with Gasteiger partial charge in [-0.1, -0.05) is 29.8 Å². The largest absolute Gasteiger partial charge is 0.450 e. The lowest BCUT2D eigenvalue weighted by Gasteiger charge is -2.20. The van der Waals surface area contributed by atoms with Gasteiger partial charge in [-0.25, -0.2) is 4.79 Å². The molecule has 0 aliphatic carbocycles. The second kappa shape index (κ2) is 7.68. The second-order valence-electron chi connectivity index (χ2n) is 3.59. The summed E-state index contributed by atoms with van der Waals surface area (Å²) in [4.78, 5) is 22.4. The maximum absolute atomic E-state index is 11.2. The molecule has 0 saturated heterocycles. The Bertz CT molecular complexity index is 219. The molecule has 1 atom stereocenters. The Morgan fingerprint density at radius 1 is 1.40 bits per heavy atom. The van der Waals surface area contributed by atoms with Gasteiger partial charge in [0.2, 0.25) is 0 Å². The van der Waals surface area contributed by atoms with Crippen molar-refractivity contribution in [3.05, 3.63) is 0 Å². The first kappa shape index (κ1) is 14.4. The molecule has 5 heteroatoms. The fourth-order valence-corrected chi connectivity index (χ4v) is 1.31. The lowest BCUT2D eigenvalue weighted by atomic mass is 9.99. The van der Waals surface area contributed by atoms with E-state index in [1.807, 2.05) is 13.8 Å². The molecule has 0 aromatic rings. The molecule has 0 spiro atoms. The predicted octanol–water partition coefficient (Wildman–Crippen LogP) is 2.11. The summed E-state index contributed by atoms with van der Waals surface area (Å²) < 4.78 is 4.76. The monoisotopic (exact) mass is 279 g/mol. The maximum Gasteiger partial charge on any atom is 0.407 e. The Kier molecular flexibility index (Phi) is 7.38. The van der Waals surface area contributed by atoms with Crippen molar-refractivity contribution in [2.24, 2.45) is 5.92 Å². The Labute approximate surface area is 98.9 Å². The lowest BCUT2D eigenvalue weighted by molar-refractivity contribution is -0.117. The Morgan fingerprint density at radius 2 is 2.00 bits per heavy atom. The van der Waals surface area contributed by atoms with E-state index in [0.717, 1.165) is 0 Å². The number of carbonyl (C=O) groups excluding carboxylic acids is 2. The third kappa shape index (κ3) is 6.49. The summed E-state index contributed by atoms with van der Waals surface area (Å²) in [7, 11) is 0. The van der Waals surface area contributed by atoms with Crippen molar-refractivity contribution in [1.29, 1.82) is 0 Å². The van der Waals surface area contributed by atoms with Crippen LogP contribution in [-0.4, -0.2) is 29.9 Å². The molecule has 0 rings (SSSR count). The lowest BCUT2D eigenvalue weighted by Crippen LogP contribution is -2.40. The number of hydrogen-bond donors (Lipinski definition) is 1. The quantitative estimate of drug-likeness (QED) is 0.758. The van der Waals surface area contributed by atoms with Gasteiger partial charge in [0.05, 0.1) is 11.9 Å². The zero-order chi connectivity index (χ0) is 11.8. The fraction of sp³-hybridized carbons (Fsp3) is 0.800. The van der Waals surface area contributed by atoms with Crippen molar-refractivity contribution in [2.45, 2.75) is 33.2 Å². The van der Waals surface area contributed by atoms with E-state index in [0.29, 0.717) is 18.4 Å². The SMILES string of the molecule is CCOC(=O)NC(CC(=O)CBr)C(C)C. The van der Waals surface area contributed by atoms with E-state index < -0.39 is 6.09 Å². The van der Waals surface area contributed by atoms with Crippen LogP contribution in [0.25, 0.3) is 0 Å². The first-order valence-electron chi connectivity index (χ1n) is 5.02. The van der Waals surface area contributed by atoms with Gasteiger partial charge in [0.15, 0.2) is 0 Å². The Balaban J connectivity index is 4.16. The molecule has 0 aliphatic rings. The molecular weight excluding hydrogens is 262 g/mol. The summed E-state index contributed by atoms with van der Waals surface area (Å²) in [6.45, 7) is 5.99. The molecule has 0 radical (unpaired) electrons. The van der Waals surface area contributed by atoms with Crippen molar-refractivity contribution in [3.8, 4) is 0 Å². The van der Waals surface area contributed by atoms with Crippen LogP contribution in [0.5, 0.6) is 0 Å². The highest BCUT2D eigenvalue weighted by Crippen LogP contribution is 2.08. The minimum Gasteiger partial charge on any atom is -0.450 e. The summed E-state index contributed by atoms with van der Waals surface area (Å²) in [6.07, 6.45) is -0.125. The van der Waals surface area contributed by atoms with E-state index in [2.05, 4.69) is 21.2 Å². The molecule has 15 heavy (non-hydrogen) atoms. The molecule has 0 aromatic carbocycles. The standard InChI is InChI=1S/C10H18BrNO3/c1-4-15-10(14)12-9(7(2)3)5-8(13)6-11/h7,9H,4-6H2,1-3H3,(H,12,14). The number of hydrogen-bond acceptors (Lipinski definition) is 3. The second-order valence-corrected chi connectivity index (χ2v) is 4.15. The Hall–Kier alpha value is -0.580. The van der Waals surface area contributed by atoms with Gasteiger partial charge in [-0.15, -0.1) is 0 Å². The van der Waals surface area contributed by atoms with Gasteiger partial charge in [0.1, 0.15) is 5.78 Å². The topological polar surface area (TPSA) is 55.4 Å². The van der Waals surface area contributed by atoms with E-state index in [4.69, 9.17) is 4.74 Å². The number of alkyl halides is 1. The minimum absolute atomic E-state index is 0.0745. The van der Waals surface area contributed by atoms with Crippen molar-refractivity contribution in [3.63, 3.8) is 0 Å². The maximum atomic E-state index is 11.2. The molecular formula is C10H18BrNO3. The van der Waals surface area contributed by atoms with E-state index in [-0.39, 0.29) is 17.7 Å². The fourth-order valence-electron chi connectivity index (χ4n) is 1.08. The van der Waals surface area contributed by atoms with Crippen LogP contribution >= 0.6 is 15.9 Å². The van der Waals surface area contributed by atoms with Crippen molar-refractivity contribution in [2.75, 3.05) is 11.9 Å². The molecule has 88 valence electrons. The van der Waals surface area contributed by atoms with Crippen molar-refractivity contribution in [1.82, 2.24) is 5.32 Å². The van der Waals surface area contributed by atoms with Gasteiger partial charge in [-0.2, -0.15) is 0 Å². The van der Waals surface area contributed by atoms with Crippen LogP contribution in [0.2, 0.25) is 0 Å². The van der Waals surface area contributed by atoms with Gasteiger partial charge in [-0.05, 0) is 12.8 Å². The number of carbonyl (C=O) groups is 2. The van der Waals surface area contributed by atoms with Gasteiger partial charge in [0.25, 0.3) is 0 Å². The highest BCUT2D eigenvalue weighted by molar-refractivity contribution is 9.09. The predicted molar refractivity (Wildman–Crippen MR) is 62.2 cm³/mol. The number of halogens is 1. The summed E-state index contributed by atoms with van der Waals surface area (Å²) in [6, 6.07) is -0.158. The van der Waals surface area contributed by atoms with Gasteiger partial charge in [0, 0.05) is 12.5 Å². The van der Waals surface area contributed by atoms with Crippen LogP contribution in [0.3, 0.4) is 0 Å². The van der Waals surface area contributed by atoms with Crippen LogP contribution < -0.4 is 5.32 Å². The first-order valence-corrected chi connectivity index (χ1v) is 6.14. The highest BCUT2D eigenvalue weighted by Gasteiger charge is 2.19. The minimum atomic E-state index is -0.460. The average molecular weight is 280 g/mol. The van der Waals surface area contributed by atoms with Gasteiger partial charge in [-0.3, -0.25) is 4.79 Å². The number of rotatable bonds is 6. The van der Waals surface area contributed by atoms with Crippen LogP contribution in [0.4, 0.5) is 4.79 Å². The normalized spacial score (nSPS) is 12.3. The van der Waals surface area contributed by atoms with Crippen LogP contribution in [0, 0.1) is 5.92 Å².